The van der Waals surface area contributed by atoms with Crippen LogP contribution in [-0.2, 0) is 0 Å². The van der Waals surface area contributed by atoms with E-state index < -0.39 is 0 Å². The second-order valence-electron chi connectivity index (χ2n) is 8.51. The van der Waals surface area contributed by atoms with Crippen LogP contribution in [0.3, 0.4) is 0 Å². The lowest BCUT2D eigenvalue weighted by atomic mass is 9.76. The van der Waals surface area contributed by atoms with Crippen molar-refractivity contribution in [2.75, 3.05) is 12.3 Å². The standard InChI is InChI=1S/C23H28N4O2/c1-5-29-18-12-15(13-28)7-8-16(18)19-20-21(24)25-10-11-27(20)22(26-19)17-9-6-14(2)23(17,3)4/h7-8,10-14,17H,5-6,9H2,1-4H3,(H2,24,25)/t14-,17+/m1/s1. The highest BCUT2D eigenvalue weighted by Crippen LogP contribution is 2.53. The zero-order chi connectivity index (χ0) is 20.8. The molecule has 0 radical (unpaired) electrons. The lowest BCUT2D eigenvalue weighted by molar-refractivity contribution is 0.112. The number of anilines is 1. The number of aldehydes is 1. The van der Waals surface area contributed by atoms with Crippen molar-refractivity contribution in [2.24, 2.45) is 11.3 Å². The molecule has 0 aliphatic heterocycles. The first kappa shape index (κ1) is 19.4. The average Bonchev–Trinajstić information content (AvgIpc) is 3.20. The molecule has 6 nitrogen and oxygen atoms in total. The second-order valence-corrected chi connectivity index (χ2v) is 8.51. The third-order valence-corrected chi connectivity index (χ3v) is 6.68. The molecule has 0 spiro atoms. The molecule has 2 heterocycles. The van der Waals surface area contributed by atoms with Crippen LogP contribution in [0.1, 0.15) is 62.6 Å². The summed E-state index contributed by atoms with van der Waals surface area (Å²) in [5, 5.41) is 0. The van der Waals surface area contributed by atoms with Crippen LogP contribution in [0, 0.1) is 11.3 Å². The molecule has 2 N–H and O–H groups in total. The Morgan fingerprint density at radius 1 is 1.34 bits per heavy atom. The van der Waals surface area contributed by atoms with E-state index in [4.69, 9.17) is 15.5 Å². The number of hydrogen-bond acceptors (Lipinski definition) is 5. The summed E-state index contributed by atoms with van der Waals surface area (Å²) in [7, 11) is 0. The van der Waals surface area contributed by atoms with Gasteiger partial charge in [0, 0.05) is 29.4 Å². The van der Waals surface area contributed by atoms with Crippen LogP contribution in [0.4, 0.5) is 5.82 Å². The maximum atomic E-state index is 11.3. The Morgan fingerprint density at radius 2 is 2.14 bits per heavy atom. The molecule has 6 heteroatoms. The minimum absolute atomic E-state index is 0.140. The summed E-state index contributed by atoms with van der Waals surface area (Å²) < 4.78 is 7.93. The van der Waals surface area contributed by atoms with Gasteiger partial charge in [-0.2, -0.15) is 0 Å². The molecule has 152 valence electrons. The van der Waals surface area contributed by atoms with Crippen molar-refractivity contribution in [3.63, 3.8) is 0 Å². The third-order valence-electron chi connectivity index (χ3n) is 6.68. The van der Waals surface area contributed by atoms with Gasteiger partial charge in [0.1, 0.15) is 34.9 Å². The molecular formula is C23H28N4O2. The van der Waals surface area contributed by atoms with Gasteiger partial charge in [0.25, 0.3) is 0 Å². The molecule has 0 unspecified atom stereocenters. The third kappa shape index (κ3) is 3.07. The lowest BCUT2D eigenvalue weighted by Crippen LogP contribution is -2.23. The van der Waals surface area contributed by atoms with E-state index in [1.54, 1.807) is 18.3 Å². The van der Waals surface area contributed by atoms with Gasteiger partial charge < -0.3 is 10.5 Å². The van der Waals surface area contributed by atoms with Gasteiger partial charge in [-0.25, -0.2) is 9.97 Å². The van der Waals surface area contributed by atoms with Gasteiger partial charge in [0.05, 0.1) is 6.61 Å². The summed E-state index contributed by atoms with van der Waals surface area (Å²) in [6, 6.07) is 5.42. The number of nitrogens with two attached hydrogens (primary N) is 1. The first-order valence-electron chi connectivity index (χ1n) is 10.2. The maximum Gasteiger partial charge on any atom is 0.150 e. The number of hydrogen-bond donors (Lipinski definition) is 1. The minimum Gasteiger partial charge on any atom is -0.493 e. The van der Waals surface area contributed by atoms with E-state index in [-0.39, 0.29) is 5.41 Å². The van der Waals surface area contributed by atoms with Crippen molar-refractivity contribution in [2.45, 2.75) is 46.5 Å². The van der Waals surface area contributed by atoms with Gasteiger partial charge in [-0.15, -0.1) is 0 Å². The summed E-state index contributed by atoms with van der Waals surface area (Å²) in [6.07, 6.45) is 6.76. The number of ether oxygens (including phenoxy) is 1. The molecule has 2 atom stereocenters. The van der Waals surface area contributed by atoms with Gasteiger partial charge in [-0.05, 0) is 43.2 Å². The van der Waals surface area contributed by atoms with E-state index >= 15 is 0 Å². The molecule has 2 aromatic heterocycles. The van der Waals surface area contributed by atoms with E-state index in [0.29, 0.717) is 35.6 Å². The zero-order valence-electron chi connectivity index (χ0n) is 17.5. The fourth-order valence-electron chi connectivity index (χ4n) is 4.57. The fraction of sp³-hybridized carbons (Fsp3) is 0.435. The van der Waals surface area contributed by atoms with E-state index in [0.717, 1.165) is 35.3 Å². The summed E-state index contributed by atoms with van der Waals surface area (Å²) in [6.45, 7) is 9.38. The average molecular weight is 393 g/mol. The number of nitrogen functional groups attached to an aromatic ring is 1. The smallest absolute Gasteiger partial charge is 0.150 e. The predicted octanol–water partition coefficient (Wildman–Crippen LogP) is 4.73. The summed E-state index contributed by atoms with van der Waals surface area (Å²) >= 11 is 0. The molecule has 0 amide bonds. The van der Waals surface area contributed by atoms with E-state index in [2.05, 4.69) is 30.2 Å². The van der Waals surface area contributed by atoms with Crippen LogP contribution in [0.15, 0.2) is 30.6 Å². The monoisotopic (exact) mass is 392 g/mol. The number of nitrogens with zero attached hydrogens (tertiary/aromatic N) is 3. The second kappa shape index (κ2) is 7.17. The van der Waals surface area contributed by atoms with E-state index in [9.17, 15) is 4.79 Å². The Kier molecular flexibility index (Phi) is 4.81. The van der Waals surface area contributed by atoms with Crippen molar-refractivity contribution in [1.29, 1.82) is 0 Å². The van der Waals surface area contributed by atoms with Gasteiger partial charge in [0.2, 0.25) is 0 Å². The van der Waals surface area contributed by atoms with Crippen LogP contribution >= 0.6 is 0 Å². The zero-order valence-corrected chi connectivity index (χ0v) is 17.5. The SMILES string of the molecule is CCOc1cc(C=O)ccc1-c1nc([C@@H]2CC[C@@H](C)C2(C)C)n2ccnc(N)c12. The minimum atomic E-state index is 0.140. The van der Waals surface area contributed by atoms with Crippen LogP contribution in [0.5, 0.6) is 5.75 Å². The molecule has 3 aromatic rings. The molecule has 1 fully saturated rings. The van der Waals surface area contributed by atoms with Crippen LogP contribution in [0.25, 0.3) is 16.8 Å². The van der Waals surface area contributed by atoms with Crippen LogP contribution in [0.2, 0.25) is 0 Å². The summed E-state index contributed by atoms with van der Waals surface area (Å²) in [5.41, 5.74) is 9.38. The largest absolute Gasteiger partial charge is 0.493 e. The normalized spacial score (nSPS) is 20.8. The first-order chi connectivity index (χ1) is 13.9. The maximum absolute atomic E-state index is 11.3. The topological polar surface area (TPSA) is 82.5 Å². The fourth-order valence-corrected chi connectivity index (χ4v) is 4.57. The molecule has 0 bridgehead atoms. The Hall–Kier alpha value is -2.89. The van der Waals surface area contributed by atoms with Gasteiger partial charge in [-0.1, -0.05) is 26.8 Å². The highest BCUT2D eigenvalue weighted by atomic mass is 16.5. The number of imidazole rings is 1. The van der Waals surface area contributed by atoms with Gasteiger partial charge in [0.15, 0.2) is 0 Å². The van der Waals surface area contributed by atoms with E-state index in [1.807, 2.05) is 19.2 Å². The Labute approximate surface area is 171 Å². The Morgan fingerprint density at radius 3 is 2.79 bits per heavy atom. The van der Waals surface area contributed by atoms with Gasteiger partial charge >= 0.3 is 0 Å². The summed E-state index contributed by atoms with van der Waals surface area (Å²) in [5.74, 6) is 3.03. The number of aromatic nitrogens is 3. The van der Waals surface area contributed by atoms with Crippen molar-refractivity contribution in [1.82, 2.24) is 14.4 Å². The summed E-state index contributed by atoms with van der Waals surface area (Å²) in [4.78, 5) is 20.7. The number of rotatable bonds is 5. The number of fused-ring (bicyclic) bond motifs is 1. The Bertz CT molecular complexity index is 1070. The number of carbonyl (C=O) groups is 1. The van der Waals surface area contributed by atoms with Crippen LogP contribution < -0.4 is 10.5 Å². The molecule has 4 rings (SSSR count). The van der Waals surface area contributed by atoms with Gasteiger partial charge in [-0.3, -0.25) is 9.20 Å². The quantitative estimate of drug-likeness (QED) is 0.635. The van der Waals surface area contributed by atoms with Crippen molar-refractivity contribution in [3.8, 4) is 17.0 Å². The highest BCUT2D eigenvalue weighted by Gasteiger charge is 2.43. The van der Waals surface area contributed by atoms with Crippen molar-refractivity contribution < 1.29 is 9.53 Å². The van der Waals surface area contributed by atoms with Crippen molar-refractivity contribution >= 4 is 17.6 Å². The molecule has 29 heavy (non-hydrogen) atoms. The van der Waals surface area contributed by atoms with E-state index in [1.165, 1.54) is 6.42 Å². The van der Waals surface area contributed by atoms with Crippen molar-refractivity contribution in [3.05, 3.63) is 42.0 Å². The highest BCUT2D eigenvalue weighted by molar-refractivity contribution is 5.89. The molecule has 1 aliphatic carbocycles. The lowest BCUT2D eigenvalue weighted by Gasteiger charge is -2.30. The Balaban J connectivity index is 1.97. The number of carbonyl (C=O) groups excluding carboxylic acids is 1. The molecule has 1 saturated carbocycles. The number of benzene rings is 1. The molecule has 1 aliphatic rings. The predicted molar refractivity (Wildman–Crippen MR) is 114 cm³/mol. The molecule has 0 saturated heterocycles. The molecular weight excluding hydrogens is 364 g/mol. The first-order valence-corrected chi connectivity index (χ1v) is 10.2. The van der Waals surface area contributed by atoms with Crippen LogP contribution in [-0.4, -0.2) is 27.3 Å². The molecule has 1 aromatic carbocycles.